The van der Waals surface area contributed by atoms with E-state index in [9.17, 15) is 5.11 Å². The Labute approximate surface area is 131 Å². The Balaban J connectivity index is 1.75. The Hall–Kier alpha value is -0.420. The molecule has 118 valence electrons. The summed E-state index contributed by atoms with van der Waals surface area (Å²) in [5.74, 6) is 0. The van der Waals surface area contributed by atoms with Gasteiger partial charge >= 0.3 is 0 Å². The zero-order chi connectivity index (χ0) is 15.1. The van der Waals surface area contributed by atoms with E-state index in [4.69, 9.17) is 4.74 Å². The number of fused-ring (bicyclic) bond motifs is 2. The second-order valence-corrected chi connectivity index (χ2v) is 8.31. The molecule has 1 spiro atoms. The van der Waals surface area contributed by atoms with E-state index < -0.39 is 5.60 Å². The summed E-state index contributed by atoms with van der Waals surface area (Å²) in [6.07, 6.45) is 4.31. The van der Waals surface area contributed by atoms with Crippen molar-refractivity contribution in [2.24, 2.45) is 0 Å². The van der Waals surface area contributed by atoms with Crippen LogP contribution in [0.15, 0.2) is 6.07 Å². The van der Waals surface area contributed by atoms with Crippen LogP contribution in [0.3, 0.4) is 0 Å². The van der Waals surface area contributed by atoms with E-state index in [0.29, 0.717) is 0 Å². The van der Waals surface area contributed by atoms with Crippen molar-refractivity contribution in [3.8, 4) is 0 Å². The van der Waals surface area contributed by atoms with Crippen LogP contribution in [0, 0.1) is 0 Å². The van der Waals surface area contributed by atoms with Crippen LogP contribution in [0.5, 0.6) is 0 Å². The first-order chi connectivity index (χ1) is 9.92. The topological polar surface area (TPSA) is 32.7 Å². The number of rotatable bonds is 3. The van der Waals surface area contributed by atoms with Crippen molar-refractivity contribution in [3.63, 3.8) is 0 Å². The molecule has 0 saturated carbocycles. The molecule has 0 radical (unpaired) electrons. The van der Waals surface area contributed by atoms with Gasteiger partial charge in [0.25, 0.3) is 0 Å². The van der Waals surface area contributed by atoms with Gasteiger partial charge in [-0.25, -0.2) is 0 Å². The molecule has 4 heteroatoms. The fraction of sp³-hybridized carbons (Fsp3) is 0.765. The molecule has 0 unspecified atom stereocenters. The maximum absolute atomic E-state index is 9.99. The molecule has 0 amide bonds. The minimum Gasteiger partial charge on any atom is -0.389 e. The van der Waals surface area contributed by atoms with E-state index in [1.807, 2.05) is 25.2 Å². The average Bonchev–Trinajstić information content (AvgIpc) is 2.85. The summed E-state index contributed by atoms with van der Waals surface area (Å²) in [5.41, 5.74) is 0.813. The predicted molar refractivity (Wildman–Crippen MR) is 87.0 cm³/mol. The molecular formula is C17H27NO2S. The summed E-state index contributed by atoms with van der Waals surface area (Å²) in [7, 11) is 0. The van der Waals surface area contributed by atoms with E-state index in [0.717, 1.165) is 51.9 Å². The summed E-state index contributed by atoms with van der Waals surface area (Å²) < 4.78 is 6.29. The van der Waals surface area contributed by atoms with Crippen molar-refractivity contribution >= 4 is 11.3 Å². The molecule has 0 aromatic carbocycles. The first-order valence-corrected chi connectivity index (χ1v) is 8.94. The molecule has 1 N–H and O–H groups in total. The highest BCUT2D eigenvalue weighted by atomic mass is 32.1. The van der Waals surface area contributed by atoms with E-state index >= 15 is 0 Å². The van der Waals surface area contributed by atoms with E-state index in [1.54, 1.807) is 4.88 Å². The van der Waals surface area contributed by atoms with Gasteiger partial charge in [0.1, 0.15) is 0 Å². The lowest BCUT2D eigenvalue weighted by Crippen LogP contribution is -2.49. The van der Waals surface area contributed by atoms with Gasteiger partial charge in [0.2, 0.25) is 0 Å². The second kappa shape index (κ2) is 5.65. The number of nitrogens with zero attached hydrogens (tertiary/aromatic N) is 1. The van der Waals surface area contributed by atoms with Crippen molar-refractivity contribution < 1.29 is 9.84 Å². The smallest absolute Gasteiger partial charge is 0.0966 e. The maximum Gasteiger partial charge on any atom is 0.0966 e. The molecule has 1 fully saturated rings. The minimum atomic E-state index is -0.610. The Kier molecular flexibility index (Phi) is 4.17. The van der Waals surface area contributed by atoms with Crippen LogP contribution in [-0.2, 0) is 23.2 Å². The standard InChI is InChI=1S/C17H27NO2S/c1-4-13-11-14-15(21-13)5-10-20-17(14)6-8-18(9-7-17)12-16(2,3)19/h11,19H,4-10,12H2,1-3H3. The van der Waals surface area contributed by atoms with Gasteiger partial charge in [-0.15, -0.1) is 11.3 Å². The van der Waals surface area contributed by atoms with Gasteiger partial charge in [0.15, 0.2) is 0 Å². The molecule has 1 aromatic rings. The Morgan fingerprint density at radius 1 is 1.38 bits per heavy atom. The lowest BCUT2D eigenvalue weighted by Gasteiger charge is -2.45. The fourth-order valence-corrected chi connectivity index (χ4v) is 4.86. The van der Waals surface area contributed by atoms with Crippen LogP contribution < -0.4 is 0 Å². The number of hydrogen-bond acceptors (Lipinski definition) is 4. The molecule has 2 aliphatic heterocycles. The lowest BCUT2D eigenvalue weighted by molar-refractivity contribution is -0.104. The summed E-state index contributed by atoms with van der Waals surface area (Å²) in [6, 6.07) is 2.39. The fourth-order valence-electron chi connectivity index (χ4n) is 3.68. The van der Waals surface area contributed by atoms with E-state index in [1.165, 1.54) is 10.4 Å². The highest BCUT2D eigenvalue weighted by Gasteiger charge is 2.42. The normalized spacial score (nSPS) is 22.5. The molecule has 21 heavy (non-hydrogen) atoms. The molecule has 0 bridgehead atoms. The van der Waals surface area contributed by atoms with Gasteiger partial charge in [-0.2, -0.15) is 0 Å². The quantitative estimate of drug-likeness (QED) is 0.932. The van der Waals surface area contributed by atoms with Crippen LogP contribution in [-0.4, -0.2) is 41.8 Å². The van der Waals surface area contributed by atoms with Crippen molar-refractivity contribution in [1.82, 2.24) is 4.90 Å². The molecule has 0 atom stereocenters. The number of likely N-dealkylation sites (tertiary alicyclic amines) is 1. The van der Waals surface area contributed by atoms with Crippen LogP contribution in [0.4, 0.5) is 0 Å². The molecule has 3 rings (SSSR count). The predicted octanol–water partition coefficient (Wildman–Crippen LogP) is 2.95. The van der Waals surface area contributed by atoms with Gasteiger partial charge in [-0.05, 0) is 44.7 Å². The minimum absolute atomic E-state index is 0.0480. The van der Waals surface area contributed by atoms with Crippen LogP contribution in [0.2, 0.25) is 0 Å². The van der Waals surface area contributed by atoms with E-state index in [-0.39, 0.29) is 5.60 Å². The maximum atomic E-state index is 9.99. The number of ether oxygens (including phenoxy) is 1. The Morgan fingerprint density at radius 3 is 2.71 bits per heavy atom. The zero-order valence-electron chi connectivity index (χ0n) is 13.4. The first kappa shape index (κ1) is 15.5. The third-order valence-corrected chi connectivity index (χ3v) is 6.02. The van der Waals surface area contributed by atoms with Gasteiger partial charge in [0.05, 0.1) is 17.8 Å². The summed E-state index contributed by atoms with van der Waals surface area (Å²) in [4.78, 5) is 5.41. The number of piperidine rings is 1. The van der Waals surface area contributed by atoms with Crippen LogP contribution in [0.1, 0.15) is 48.9 Å². The van der Waals surface area contributed by atoms with Crippen LogP contribution in [0.25, 0.3) is 0 Å². The highest BCUT2D eigenvalue weighted by Crippen LogP contribution is 2.44. The van der Waals surface area contributed by atoms with Crippen LogP contribution >= 0.6 is 11.3 Å². The molecular weight excluding hydrogens is 282 g/mol. The SMILES string of the molecule is CCc1cc2c(s1)CCOC21CCN(CC(C)(C)O)CC1. The number of aliphatic hydroxyl groups is 1. The molecule has 1 aromatic heterocycles. The van der Waals surface area contributed by atoms with Crippen molar-refractivity contribution in [2.45, 2.75) is 57.7 Å². The third-order valence-electron chi connectivity index (χ3n) is 4.68. The molecule has 3 heterocycles. The van der Waals surface area contributed by atoms with Crippen molar-refractivity contribution in [1.29, 1.82) is 0 Å². The van der Waals surface area contributed by atoms with Gasteiger partial charge in [0, 0.05) is 35.8 Å². The monoisotopic (exact) mass is 309 g/mol. The van der Waals surface area contributed by atoms with Crippen molar-refractivity contribution in [3.05, 3.63) is 21.4 Å². The first-order valence-electron chi connectivity index (χ1n) is 8.13. The van der Waals surface area contributed by atoms with Gasteiger partial charge in [-0.3, -0.25) is 0 Å². The Bertz CT molecular complexity index is 495. The lowest BCUT2D eigenvalue weighted by atomic mass is 9.82. The zero-order valence-corrected chi connectivity index (χ0v) is 14.3. The molecule has 2 aliphatic rings. The van der Waals surface area contributed by atoms with E-state index in [2.05, 4.69) is 17.9 Å². The molecule has 0 aliphatic carbocycles. The number of thiophene rings is 1. The Morgan fingerprint density at radius 2 is 2.10 bits per heavy atom. The van der Waals surface area contributed by atoms with Gasteiger partial charge < -0.3 is 14.7 Å². The number of aryl methyl sites for hydroxylation is 1. The second-order valence-electron chi connectivity index (χ2n) is 7.08. The molecule has 3 nitrogen and oxygen atoms in total. The average molecular weight is 309 g/mol. The number of β-amino-alcohol motifs (C(OH)–C–C–N with tert-alkyl or cyclic N) is 1. The summed E-state index contributed by atoms with van der Waals surface area (Å²) >= 11 is 1.98. The highest BCUT2D eigenvalue weighted by molar-refractivity contribution is 7.12. The summed E-state index contributed by atoms with van der Waals surface area (Å²) in [5, 5.41) is 9.99. The van der Waals surface area contributed by atoms with Crippen molar-refractivity contribution in [2.75, 3.05) is 26.2 Å². The summed E-state index contributed by atoms with van der Waals surface area (Å²) in [6.45, 7) is 9.65. The van der Waals surface area contributed by atoms with Gasteiger partial charge in [-0.1, -0.05) is 6.92 Å². The molecule has 1 saturated heterocycles. The third kappa shape index (κ3) is 3.19. The number of hydrogen-bond donors (Lipinski definition) is 1. The largest absolute Gasteiger partial charge is 0.389 e.